The molecule has 0 spiro atoms. The van der Waals surface area contributed by atoms with Crippen molar-refractivity contribution < 1.29 is 9.47 Å². The number of hydrogen-bond donors (Lipinski definition) is 1. The van der Waals surface area contributed by atoms with E-state index in [0.717, 1.165) is 45.5 Å². The Morgan fingerprint density at radius 2 is 1.67 bits per heavy atom. The van der Waals surface area contributed by atoms with E-state index in [-0.39, 0.29) is 12.1 Å². The van der Waals surface area contributed by atoms with Crippen molar-refractivity contribution in [1.29, 1.82) is 0 Å². The van der Waals surface area contributed by atoms with E-state index in [2.05, 4.69) is 40.2 Å². The maximum atomic E-state index is 6.11. The molecule has 4 aromatic rings. The lowest BCUT2D eigenvalue weighted by Gasteiger charge is -2.33. The Morgan fingerprint density at radius 1 is 0.933 bits per heavy atom. The second kappa shape index (κ2) is 7.58. The predicted molar refractivity (Wildman–Crippen MR) is 120 cm³/mol. The lowest BCUT2D eigenvalue weighted by Crippen LogP contribution is -2.27. The van der Waals surface area contributed by atoms with Gasteiger partial charge in [0.15, 0.2) is 11.5 Å². The zero-order valence-corrected chi connectivity index (χ0v) is 17.6. The predicted octanol–water partition coefficient (Wildman–Crippen LogP) is 5.85. The summed E-state index contributed by atoms with van der Waals surface area (Å²) >= 11 is 6.11. The van der Waals surface area contributed by atoms with Gasteiger partial charge in [-0.25, -0.2) is 4.98 Å². The first-order valence-corrected chi connectivity index (χ1v) is 10.3. The Bertz CT molecular complexity index is 1200. The fourth-order valence-electron chi connectivity index (χ4n) is 4.26. The molecule has 0 saturated heterocycles. The van der Waals surface area contributed by atoms with E-state index in [0.29, 0.717) is 0 Å². The molecule has 5 nitrogen and oxygen atoms in total. The standard InChI is InChI=1S/C24H22ClN3O2/c1-29-22-12-9-16(13-23(22)30-2)21-14-19(15-7-10-17(25)11-8-15)27-24-26-18-5-3-4-6-20(18)28(21)24/h3-13,19,21H,14H2,1-2H3,(H,26,27)/t19-,21+/m0/s1. The molecule has 0 fully saturated rings. The van der Waals surface area contributed by atoms with Gasteiger partial charge in [-0.15, -0.1) is 0 Å². The van der Waals surface area contributed by atoms with Gasteiger partial charge in [0, 0.05) is 5.02 Å². The average Bonchev–Trinajstić information content (AvgIpc) is 3.17. The highest BCUT2D eigenvalue weighted by molar-refractivity contribution is 6.30. The van der Waals surface area contributed by atoms with E-state index < -0.39 is 0 Å². The van der Waals surface area contributed by atoms with Crippen LogP contribution in [0.1, 0.15) is 29.6 Å². The molecule has 2 heterocycles. The van der Waals surface area contributed by atoms with Crippen molar-refractivity contribution in [3.63, 3.8) is 0 Å². The van der Waals surface area contributed by atoms with Gasteiger partial charge in [0.25, 0.3) is 0 Å². The summed E-state index contributed by atoms with van der Waals surface area (Å²) < 4.78 is 13.3. The first kappa shape index (κ1) is 18.8. The highest BCUT2D eigenvalue weighted by Gasteiger charge is 2.31. The topological polar surface area (TPSA) is 48.3 Å². The van der Waals surface area contributed by atoms with Crippen LogP contribution in [0.5, 0.6) is 11.5 Å². The molecule has 3 aromatic carbocycles. The van der Waals surface area contributed by atoms with E-state index in [9.17, 15) is 0 Å². The third-order valence-corrected chi connectivity index (χ3v) is 5.99. The molecule has 0 unspecified atom stereocenters. The van der Waals surface area contributed by atoms with Crippen LogP contribution in [-0.2, 0) is 0 Å². The SMILES string of the molecule is COc1ccc([C@H]2C[C@@H](c3ccc(Cl)cc3)Nc3nc4ccccc4n32)cc1OC. The molecule has 0 amide bonds. The van der Waals surface area contributed by atoms with E-state index in [1.54, 1.807) is 14.2 Å². The summed E-state index contributed by atoms with van der Waals surface area (Å²) in [6, 6.07) is 22.6. The molecule has 0 bridgehead atoms. The number of para-hydroxylation sites is 2. The maximum Gasteiger partial charge on any atom is 0.204 e. The van der Waals surface area contributed by atoms with Crippen molar-refractivity contribution in [2.24, 2.45) is 0 Å². The molecule has 1 N–H and O–H groups in total. The summed E-state index contributed by atoms with van der Waals surface area (Å²) in [5.74, 6) is 2.31. The van der Waals surface area contributed by atoms with Crippen molar-refractivity contribution in [2.75, 3.05) is 19.5 Å². The molecule has 0 saturated carbocycles. The van der Waals surface area contributed by atoms with E-state index in [1.165, 1.54) is 5.56 Å². The van der Waals surface area contributed by atoms with Gasteiger partial charge in [-0.05, 0) is 53.9 Å². The molecule has 1 aliphatic rings. The highest BCUT2D eigenvalue weighted by atomic mass is 35.5. The molecule has 30 heavy (non-hydrogen) atoms. The normalized spacial score (nSPS) is 18.0. The van der Waals surface area contributed by atoms with Crippen LogP contribution in [-0.4, -0.2) is 23.8 Å². The van der Waals surface area contributed by atoms with Gasteiger partial charge >= 0.3 is 0 Å². The van der Waals surface area contributed by atoms with Gasteiger partial charge < -0.3 is 19.4 Å². The monoisotopic (exact) mass is 419 g/mol. The van der Waals surface area contributed by atoms with Gasteiger partial charge in [-0.3, -0.25) is 0 Å². The van der Waals surface area contributed by atoms with Crippen LogP contribution in [0.25, 0.3) is 11.0 Å². The van der Waals surface area contributed by atoms with Crippen molar-refractivity contribution in [3.05, 3.63) is 82.9 Å². The molecular weight excluding hydrogens is 398 g/mol. The number of imidazole rings is 1. The number of ether oxygens (including phenoxy) is 2. The minimum absolute atomic E-state index is 0.0918. The van der Waals surface area contributed by atoms with E-state index in [4.69, 9.17) is 26.1 Å². The van der Waals surface area contributed by atoms with Crippen molar-refractivity contribution in [1.82, 2.24) is 9.55 Å². The first-order chi connectivity index (χ1) is 14.7. The molecule has 2 atom stereocenters. The second-order valence-corrected chi connectivity index (χ2v) is 7.84. The van der Waals surface area contributed by atoms with Gasteiger partial charge in [-0.2, -0.15) is 0 Å². The Balaban J connectivity index is 1.65. The molecule has 1 aliphatic heterocycles. The van der Waals surface area contributed by atoms with Gasteiger partial charge in [0.1, 0.15) is 0 Å². The number of hydrogen-bond acceptors (Lipinski definition) is 4. The number of methoxy groups -OCH3 is 2. The highest BCUT2D eigenvalue weighted by Crippen LogP contribution is 2.43. The summed E-state index contributed by atoms with van der Waals surface area (Å²) in [6.45, 7) is 0. The number of fused-ring (bicyclic) bond motifs is 3. The fraction of sp³-hybridized carbons (Fsp3) is 0.208. The van der Waals surface area contributed by atoms with E-state index in [1.807, 2.05) is 36.4 Å². The lowest BCUT2D eigenvalue weighted by atomic mass is 9.92. The third kappa shape index (κ3) is 3.15. The maximum absolute atomic E-state index is 6.11. The van der Waals surface area contributed by atoms with Crippen LogP contribution in [0.15, 0.2) is 66.7 Å². The fourth-order valence-corrected chi connectivity index (χ4v) is 4.39. The minimum atomic E-state index is 0.0918. The Kier molecular flexibility index (Phi) is 4.75. The average molecular weight is 420 g/mol. The third-order valence-electron chi connectivity index (χ3n) is 5.73. The second-order valence-electron chi connectivity index (χ2n) is 7.41. The van der Waals surface area contributed by atoms with Crippen LogP contribution in [0.4, 0.5) is 5.95 Å². The smallest absolute Gasteiger partial charge is 0.204 e. The quantitative estimate of drug-likeness (QED) is 0.450. The summed E-state index contributed by atoms with van der Waals surface area (Å²) in [5.41, 5.74) is 4.41. The Morgan fingerprint density at radius 3 is 2.43 bits per heavy atom. The van der Waals surface area contributed by atoms with Gasteiger partial charge in [0.05, 0.1) is 37.3 Å². The minimum Gasteiger partial charge on any atom is -0.493 e. The summed E-state index contributed by atoms with van der Waals surface area (Å²) in [7, 11) is 3.32. The number of aromatic nitrogens is 2. The zero-order chi connectivity index (χ0) is 20.7. The summed E-state index contributed by atoms with van der Waals surface area (Å²) in [6.07, 6.45) is 0.866. The Labute approximate surface area is 180 Å². The number of halogens is 1. The van der Waals surface area contributed by atoms with E-state index >= 15 is 0 Å². The van der Waals surface area contributed by atoms with Crippen molar-refractivity contribution >= 4 is 28.6 Å². The summed E-state index contributed by atoms with van der Waals surface area (Å²) in [5, 5.41) is 4.36. The largest absolute Gasteiger partial charge is 0.493 e. The first-order valence-electron chi connectivity index (χ1n) is 9.89. The molecule has 0 aliphatic carbocycles. The van der Waals surface area contributed by atoms with Crippen LogP contribution >= 0.6 is 11.6 Å². The molecule has 5 rings (SSSR count). The number of anilines is 1. The Hall–Kier alpha value is -3.18. The van der Waals surface area contributed by atoms with Crippen molar-refractivity contribution in [3.8, 4) is 11.5 Å². The number of rotatable bonds is 4. The van der Waals surface area contributed by atoms with Crippen LogP contribution in [0, 0.1) is 0 Å². The zero-order valence-electron chi connectivity index (χ0n) is 16.8. The van der Waals surface area contributed by atoms with Crippen LogP contribution in [0.2, 0.25) is 5.02 Å². The van der Waals surface area contributed by atoms with Crippen LogP contribution in [0.3, 0.4) is 0 Å². The van der Waals surface area contributed by atoms with Crippen LogP contribution < -0.4 is 14.8 Å². The van der Waals surface area contributed by atoms with Crippen molar-refractivity contribution in [2.45, 2.75) is 18.5 Å². The van der Waals surface area contributed by atoms with Gasteiger partial charge in [-0.1, -0.05) is 41.9 Å². The number of nitrogens with one attached hydrogen (secondary N) is 1. The molecule has 0 radical (unpaired) electrons. The van der Waals surface area contributed by atoms with Gasteiger partial charge in [0.2, 0.25) is 5.95 Å². The molecular formula is C24H22ClN3O2. The molecule has 6 heteroatoms. The lowest BCUT2D eigenvalue weighted by molar-refractivity contribution is 0.353. The molecule has 152 valence electrons. The number of nitrogens with zero attached hydrogens (tertiary/aromatic N) is 2. The summed E-state index contributed by atoms with van der Waals surface area (Å²) in [4.78, 5) is 4.87. The molecule has 1 aromatic heterocycles. The number of benzene rings is 3.